The molecule has 5 heteroatoms. The standard InChI is InChI=1S/C13H18BrN3O/c1-7-5-10(16-6-9(7)14)17-12-11(15)8-3-2-4-18-13(8)12/h5-6,8,11-13H,2-4,15H2,1H3,(H,16,17). The van der Waals surface area contributed by atoms with E-state index in [2.05, 4.69) is 33.2 Å². The lowest BCUT2D eigenvalue weighted by Gasteiger charge is -2.52. The third kappa shape index (κ3) is 2.04. The van der Waals surface area contributed by atoms with Gasteiger partial charge < -0.3 is 15.8 Å². The van der Waals surface area contributed by atoms with Crippen molar-refractivity contribution < 1.29 is 4.74 Å². The maximum atomic E-state index is 6.21. The zero-order valence-corrected chi connectivity index (χ0v) is 12.0. The summed E-state index contributed by atoms with van der Waals surface area (Å²) in [5.74, 6) is 1.40. The van der Waals surface area contributed by atoms with Crippen LogP contribution in [0.2, 0.25) is 0 Å². The lowest BCUT2D eigenvalue weighted by Crippen LogP contribution is -2.69. The maximum absolute atomic E-state index is 6.21. The predicted octanol–water partition coefficient (Wildman–Crippen LogP) is 2.07. The van der Waals surface area contributed by atoms with E-state index in [9.17, 15) is 0 Å². The number of nitrogens with two attached hydrogens (primary N) is 1. The first-order valence-electron chi connectivity index (χ1n) is 6.42. The highest BCUT2D eigenvalue weighted by Crippen LogP contribution is 2.38. The van der Waals surface area contributed by atoms with Crippen molar-refractivity contribution in [1.29, 1.82) is 0 Å². The lowest BCUT2D eigenvalue weighted by molar-refractivity contribution is -0.104. The van der Waals surface area contributed by atoms with Crippen molar-refractivity contribution in [2.45, 2.75) is 38.0 Å². The second kappa shape index (κ2) is 4.79. The Hall–Kier alpha value is -0.650. The van der Waals surface area contributed by atoms with Gasteiger partial charge in [0.1, 0.15) is 5.82 Å². The van der Waals surface area contributed by atoms with E-state index in [-0.39, 0.29) is 18.2 Å². The van der Waals surface area contributed by atoms with E-state index in [1.54, 1.807) is 0 Å². The van der Waals surface area contributed by atoms with Crippen LogP contribution in [0.25, 0.3) is 0 Å². The van der Waals surface area contributed by atoms with Gasteiger partial charge >= 0.3 is 0 Å². The summed E-state index contributed by atoms with van der Waals surface area (Å²) in [6.45, 7) is 2.91. The van der Waals surface area contributed by atoms with Crippen LogP contribution in [0.1, 0.15) is 18.4 Å². The molecule has 1 aliphatic carbocycles. The van der Waals surface area contributed by atoms with Crippen LogP contribution in [0.4, 0.5) is 5.82 Å². The third-order valence-corrected chi connectivity index (χ3v) is 4.87. The Kier molecular flexibility index (Phi) is 3.30. The highest BCUT2D eigenvalue weighted by molar-refractivity contribution is 9.10. The van der Waals surface area contributed by atoms with Gasteiger partial charge in [0.2, 0.25) is 0 Å². The van der Waals surface area contributed by atoms with Gasteiger partial charge in [0, 0.05) is 29.2 Å². The molecule has 2 aliphatic rings. The normalized spacial score (nSPS) is 34.6. The van der Waals surface area contributed by atoms with Crippen LogP contribution in [0.3, 0.4) is 0 Å². The number of hydrogen-bond acceptors (Lipinski definition) is 4. The Morgan fingerprint density at radius 2 is 2.39 bits per heavy atom. The van der Waals surface area contributed by atoms with Gasteiger partial charge in [0.15, 0.2) is 0 Å². The molecule has 2 heterocycles. The first-order valence-corrected chi connectivity index (χ1v) is 7.22. The van der Waals surface area contributed by atoms with E-state index in [4.69, 9.17) is 10.5 Å². The molecule has 0 spiro atoms. The number of pyridine rings is 1. The maximum Gasteiger partial charge on any atom is 0.126 e. The molecule has 3 rings (SSSR count). The molecular formula is C13H18BrN3O. The molecule has 1 aromatic heterocycles. The number of nitrogens with one attached hydrogen (secondary N) is 1. The first kappa shape index (κ1) is 12.4. The van der Waals surface area contributed by atoms with E-state index in [1.807, 2.05) is 12.3 Å². The largest absolute Gasteiger partial charge is 0.376 e. The second-order valence-corrected chi connectivity index (χ2v) is 6.06. The van der Waals surface area contributed by atoms with Crippen LogP contribution >= 0.6 is 15.9 Å². The number of halogens is 1. The van der Waals surface area contributed by atoms with Crippen molar-refractivity contribution in [3.8, 4) is 0 Å². The summed E-state index contributed by atoms with van der Waals surface area (Å²) < 4.78 is 6.83. The van der Waals surface area contributed by atoms with Crippen molar-refractivity contribution in [3.05, 3.63) is 22.3 Å². The van der Waals surface area contributed by atoms with Crippen LogP contribution in [0.5, 0.6) is 0 Å². The first-order chi connectivity index (χ1) is 8.66. The van der Waals surface area contributed by atoms with Gasteiger partial charge in [0.05, 0.1) is 12.1 Å². The zero-order valence-electron chi connectivity index (χ0n) is 10.4. The van der Waals surface area contributed by atoms with Gasteiger partial charge in [-0.3, -0.25) is 0 Å². The molecule has 0 aromatic carbocycles. The van der Waals surface area contributed by atoms with Crippen molar-refractivity contribution >= 4 is 21.7 Å². The van der Waals surface area contributed by atoms with Gasteiger partial charge in [-0.1, -0.05) is 0 Å². The van der Waals surface area contributed by atoms with Gasteiger partial charge in [-0.05, 0) is 47.3 Å². The molecule has 0 amide bonds. The second-order valence-electron chi connectivity index (χ2n) is 5.21. The summed E-state index contributed by atoms with van der Waals surface area (Å²) in [7, 11) is 0. The zero-order chi connectivity index (χ0) is 12.7. The Balaban J connectivity index is 1.71. The number of fused-ring (bicyclic) bond motifs is 1. The number of rotatable bonds is 2. The van der Waals surface area contributed by atoms with Gasteiger partial charge in [-0.2, -0.15) is 0 Å². The molecule has 4 atom stereocenters. The van der Waals surface area contributed by atoms with Crippen LogP contribution in [0.15, 0.2) is 16.7 Å². The monoisotopic (exact) mass is 311 g/mol. The number of nitrogens with zero attached hydrogens (tertiary/aromatic N) is 1. The lowest BCUT2D eigenvalue weighted by atomic mass is 9.68. The minimum atomic E-state index is 0.182. The van der Waals surface area contributed by atoms with Crippen LogP contribution in [0, 0.1) is 12.8 Å². The average Bonchev–Trinajstić information content (AvgIpc) is 2.39. The van der Waals surface area contributed by atoms with Crippen molar-refractivity contribution in [2.24, 2.45) is 11.7 Å². The SMILES string of the molecule is Cc1cc(NC2C(N)C3CCCOC32)ncc1Br. The summed E-state index contributed by atoms with van der Waals surface area (Å²) in [4.78, 5) is 4.36. The van der Waals surface area contributed by atoms with Gasteiger partial charge in [0.25, 0.3) is 0 Å². The fourth-order valence-electron chi connectivity index (χ4n) is 2.91. The van der Waals surface area contributed by atoms with Crippen LogP contribution in [-0.2, 0) is 4.74 Å². The number of aryl methyl sites for hydroxylation is 1. The summed E-state index contributed by atoms with van der Waals surface area (Å²) in [5, 5.41) is 3.41. The minimum Gasteiger partial charge on any atom is -0.376 e. The number of aromatic nitrogens is 1. The van der Waals surface area contributed by atoms with E-state index >= 15 is 0 Å². The fraction of sp³-hybridized carbons (Fsp3) is 0.615. The van der Waals surface area contributed by atoms with Crippen LogP contribution in [-0.4, -0.2) is 29.8 Å². The highest BCUT2D eigenvalue weighted by atomic mass is 79.9. The Bertz CT molecular complexity index is 454. The molecule has 18 heavy (non-hydrogen) atoms. The van der Waals surface area contributed by atoms with Crippen molar-refractivity contribution in [2.75, 3.05) is 11.9 Å². The average molecular weight is 312 g/mol. The molecule has 0 radical (unpaired) electrons. The van der Waals surface area contributed by atoms with Crippen molar-refractivity contribution in [1.82, 2.24) is 4.98 Å². The Morgan fingerprint density at radius 3 is 3.17 bits per heavy atom. The number of ether oxygens (including phenoxy) is 1. The highest BCUT2D eigenvalue weighted by Gasteiger charge is 2.50. The molecule has 1 saturated heterocycles. The molecule has 2 fully saturated rings. The van der Waals surface area contributed by atoms with E-state index in [0.29, 0.717) is 5.92 Å². The Morgan fingerprint density at radius 1 is 1.56 bits per heavy atom. The molecule has 98 valence electrons. The molecule has 1 aliphatic heterocycles. The third-order valence-electron chi connectivity index (χ3n) is 4.04. The van der Waals surface area contributed by atoms with E-state index < -0.39 is 0 Å². The van der Waals surface area contributed by atoms with Gasteiger partial charge in [-0.15, -0.1) is 0 Å². The van der Waals surface area contributed by atoms with Crippen molar-refractivity contribution in [3.63, 3.8) is 0 Å². The summed E-state index contributed by atoms with van der Waals surface area (Å²) >= 11 is 3.45. The topological polar surface area (TPSA) is 60.2 Å². The molecule has 1 aromatic rings. The van der Waals surface area contributed by atoms with Crippen LogP contribution < -0.4 is 11.1 Å². The minimum absolute atomic E-state index is 0.182. The molecule has 4 unspecified atom stereocenters. The number of anilines is 1. The van der Waals surface area contributed by atoms with E-state index in [1.165, 1.54) is 12.0 Å². The van der Waals surface area contributed by atoms with E-state index in [0.717, 1.165) is 23.3 Å². The summed E-state index contributed by atoms with van der Waals surface area (Å²) in [6.07, 6.45) is 4.41. The predicted molar refractivity (Wildman–Crippen MR) is 74.5 cm³/mol. The number of hydrogen-bond donors (Lipinski definition) is 2. The molecular weight excluding hydrogens is 294 g/mol. The molecule has 1 saturated carbocycles. The van der Waals surface area contributed by atoms with Gasteiger partial charge in [-0.25, -0.2) is 4.98 Å². The molecule has 4 nitrogen and oxygen atoms in total. The summed E-state index contributed by atoms with van der Waals surface area (Å²) in [5.41, 5.74) is 7.38. The molecule has 3 N–H and O–H groups in total. The fourth-order valence-corrected chi connectivity index (χ4v) is 3.13. The quantitative estimate of drug-likeness (QED) is 0.878. The summed E-state index contributed by atoms with van der Waals surface area (Å²) in [6, 6.07) is 2.41. The smallest absolute Gasteiger partial charge is 0.126 e. The Labute approximate surface area is 115 Å². The molecule has 0 bridgehead atoms.